The van der Waals surface area contributed by atoms with Gasteiger partial charge in [-0.3, -0.25) is 4.79 Å². The second kappa shape index (κ2) is 7.69. The van der Waals surface area contributed by atoms with Crippen molar-refractivity contribution in [3.8, 4) is 11.5 Å². The average molecular weight is 371 g/mol. The molecule has 2 heterocycles. The Hall–Kier alpha value is -3.03. The topological polar surface area (TPSA) is 97.4 Å². The maximum absolute atomic E-state index is 11.6. The van der Waals surface area contributed by atoms with Crippen molar-refractivity contribution in [1.82, 2.24) is 15.3 Å². The van der Waals surface area contributed by atoms with E-state index in [0.29, 0.717) is 29.6 Å². The number of benzene rings is 1. The lowest BCUT2D eigenvalue weighted by Gasteiger charge is -2.39. The molecule has 1 fully saturated rings. The smallest absolute Gasteiger partial charge is 0.220 e. The molecule has 0 spiro atoms. The van der Waals surface area contributed by atoms with E-state index < -0.39 is 0 Å². The molecule has 0 aliphatic carbocycles. The summed E-state index contributed by atoms with van der Waals surface area (Å²) in [5.74, 6) is 2.76. The van der Waals surface area contributed by atoms with Gasteiger partial charge in [-0.15, -0.1) is 0 Å². The summed E-state index contributed by atoms with van der Waals surface area (Å²) in [7, 11) is 3.21. The first-order valence-corrected chi connectivity index (χ1v) is 8.80. The van der Waals surface area contributed by atoms with E-state index in [4.69, 9.17) is 9.47 Å². The van der Waals surface area contributed by atoms with E-state index in [1.165, 1.54) is 6.33 Å². The van der Waals surface area contributed by atoms with E-state index in [9.17, 15) is 4.79 Å². The first-order valence-electron chi connectivity index (χ1n) is 8.80. The first-order chi connectivity index (χ1) is 12.9. The number of ether oxygens (including phenoxy) is 2. The summed E-state index contributed by atoms with van der Waals surface area (Å²) < 4.78 is 10.6. The lowest BCUT2D eigenvalue weighted by atomic mass is 9.87. The molecule has 1 aliphatic rings. The van der Waals surface area contributed by atoms with Crippen molar-refractivity contribution in [3.63, 3.8) is 0 Å². The molecule has 1 saturated heterocycles. The third-order valence-corrected chi connectivity index (χ3v) is 4.65. The second-order valence-electron chi connectivity index (χ2n) is 6.99. The van der Waals surface area contributed by atoms with Crippen LogP contribution in [0.5, 0.6) is 11.5 Å². The van der Waals surface area contributed by atoms with E-state index in [-0.39, 0.29) is 17.5 Å². The SMILES string of the molecule is COc1ccc(Nc2cc(NC3CCC(=O)NC3(C)C)ncn2)c(OC)c1. The van der Waals surface area contributed by atoms with Crippen LogP contribution in [-0.2, 0) is 4.79 Å². The molecule has 3 rings (SSSR count). The summed E-state index contributed by atoms with van der Waals surface area (Å²) in [4.78, 5) is 20.2. The number of methoxy groups -OCH3 is 2. The van der Waals surface area contributed by atoms with E-state index in [1.54, 1.807) is 20.3 Å². The van der Waals surface area contributed by atoms with Crippen LogP contribution >= 0.6 is 0 Å². The molecule has 144 valence electrons. The number of nitrogens with one attached hydrogen (secondary N) is 3. The van der Waals surface area contributed by atoms with Crippen LogP contribution in [-0.4, -0.2) is 41.7 Å². The van der Waals surface area contributed by atoms with Gasteiger partial charge in [0.25, 0.3) is 0 Å². The average Bonchev–Trinajstić information content (AvgIpc) is 2.64. The van der Waals surface area contributed by atoms with Crippen molar-refractivity contribution in [1.29, 1.82) is 0 Å². The van der Waals surface area contributed by atoms with Crippen molar-refractivity contribution in [2.75, 3.05) is 24.9 Å². The Balaban J connectivity index is 1.75. The highest BCUT2D eigenvalue weighted by molar-refractivity contribution is 5.78. The summed E-state index contributed by atoms with van der Waals surface area (Å²) in [6, 6.07) is 7.42. The highest BCUT2D eigenvalue weighted by Gasteiger charge is 2.35. The normalized spacial score (nSPS) is 18.4. The van der Waals surface area contributed by atoms with Gasteiger partial charge in [0.1, 0.15) is 29.5 Å². The Labute approximate surface area is 158 Å². The molecule has 0 saturated carbocycles. The highest BCUT2D eigenvalue weighted by Crippen LogP contribution is 2.31. The number of hydrogen-bond acceptors (Lipinski definition) is 7. The van der Waals surface area contributed by atoms with Crippen molar-refractivity contribution in [3.05, 3.63) is 30.6 Å². The molecule has 1 amide bonds. The van der Waals surface area contributed by atoms with Crippen LogP contribution in [0.15, 0.2) is 30.6 Å². The molecule has 1 atom stereocenters. The van der Waals surface area contributed by atoms with Gasteiger partial charge in [0.2, 0.25) is 5.91 Å². The number of rotatable bonds is 6. The zero-order valence-electron chi connectivity index (χ0n) is 16.0. The van der Waals surface area contributed by atoms with Crippen LogP contribution in [0.3, 0.4) is 0 Å². The van der Waals surface area contributed by atoms with Crippen LogP contribution < -0.4 is 25.4 Å². The Morgan fingerprint density at radius 3 is 2.63 bits per heavy atom. The van der Waals surface area contributed by atoms with Crippen molar-refractivity contribution < 1.29 is 14.3 Å². The molecule has 1 aromatic carbocycles. The number of carbonyl (C=O) groups excluding carboxylic acids is 1. The van der Waals surface area contributed by atoms with Crippen molar-refractivity contribution in [2.45, 2.75) is 38.3 Å². The Morgan fingerprint density at radius 2 is 1.93 bits per heavy atom. The third-order valence-electron chi connectivity index (χ3n) is 4.65. The molecular weight excluding hydrogens is 346 g/mol. The minimum absolute atomic E-state index is 0.0773. The quantitative estimate of drug-likeness (QED) is 0.718. The van der Waals surface area contributed by atoms with Crippen molar-refractivity contribution in [2.24, 2.45) is 0 Å². The summed E-state index contributed by atoms with van der Waals surface area (Å²) in [5, 5.41) is 9.66. The lowest BCUT2D eigenvalue weighted by Crippen LogP contribution is -2.58. The zero-order valence-corrected chi connectivity index (χ0v) is 16.0. The number of carbonyl (C=O) groups is 1. The maximum atomic E-state index is 11.6. The van der Waals surface area contributed by atoms with Gasteiger partial charge in [0.15, 0.2) is 0 Å². The van der Waals surface area contributed by atoms with Gasteiger partial charge in [-0.25, -0.2) is 9.97 Å². The fourth-order valence-electron chi connectivity index (χ4n) is 3.12. The van der Waals surface area contributed by atoms with Gasteiger partial charge in [0.05, 0.1) is 31.5 Å². The van der Waals surface area contributed by atoms with Crippen LogP contribution in [0.4, 0.5) is 17.3 Å². The van der Waals surface area contributed by atoms with Crippen LogP contribution in [0, 0.1) is 0 Å². The van der Waals surface area contributed by atoms with E-state index in [1.807, 2.05) is 32.0 Å². The molecule has 0 radical (unpaired) electrons. The second-order valence-corrected chi connectivity index (χ2v) is 6.99. The van der Waals surface area contributed by atoms with Crippen LogP contribution in [0.2, 0.25) is 0 Å². The number of hydrogen-bond donors (Lipinski definition) is 3. The molecule has 27 heavy (non-hydrogen) atoms. The molecular formula is C19H25N5O3. The fourth-order valence-corrected chi connectivity index (χ4v) is 3.12. The summed E-state index contributed by atoms with van der Waals surface area (Å²) in [6.45, 7) is 4.01. The standard InChI is InChI=1S/C19H25N5O3/c1-19(2)15(7-8-18(25)24-19)23-17-10-16(20-11-21-17)22-13-6-5-12(26-3)9-14(13)27-4/h5-6,9-11,15H,7-8H2,1-4H3,(H,24,25)(H2,20,21,22,23). The predicted octanol–water partition coefficient (Wildman–Crippen LogP) is 2.71. The number of aromatic nitrogens is 2. The Bertz CT molecular complexity index is 825. The number of piperidine rings is 1. The van der Waals surface area contributed by atoms with Gasteiger partial charge >= 0.3 is 0 Å². The van der Waals surface area contributed by atoms with E-state index >= 15 is 0 Å². The fraction of sp³-hybridized carbons (Fsp3) is 0.421. The Kier molecular flexibility index (Phi) is 5.34. The largest absolute Gasteiger partial charge is 0.497 e. The van der Waals surface area contributed by atoms with Gasteiger partial charge in [0, 0.05) is 18.6 Å². The van der Waals surface area contributed by atoms with Gasteiger partial charge < -0.3 is 25.4 Å². The molecule has 1 aromatic heterocycles. The summed E-state index contributed by atoms with van der Waals surface area (Å²) in [6.07, 6.45) is 2.74. The Morgan fingerprint density at radius 1 is 1.15 bits per heavy atom. The summed E-state index contributed by atoms with van der Waals surface area (Å²) >= 11 is 0. The molecule has 3 N–H and O–H groups in total. The molecule has 8 heteroatoms. The van der Waals surface area contributed by atoms with E-state index in [0.717, 1.165) is 12.1 Å². The molecule has 1 unspecified atom stereocenters. The molecule has 2 aromatic rings. The summed E-state index contributed by atoms with van der Waals surface area (Å²) in [5.41, 5.74) is 0.417. The van der Waals surface area contributed by atoms with E-state index in [2.05, 4.69) is 25.9 Å². The minimum atomic E-state index is -0.354. The predicted molar refractivity (Wildman–Crippen MR) is 104 cm³/mol. The monoisotopic (exact) mass is 371 g/mol. The molecule has 0 bridgehead atoms. The third kappa shape index (κ3) is 4.39. The molecule has 1 aliphatic heterocycles. The lowest BCUT2D eigenvalue weighted by molar-refractivity contribution is -0.124. The zero-order chi connectivity index (χ0) is 19.4. The highest BCUT2D eigenvalue weighted by atomic mass is 16.5. The number of anilines is 3. The van der Waals surface area contributed by atoms with Crippen LogP contribution in [0.1, 0.15) is 26.7 Å². The van der Waals surface area contributed by atoms with Crippen LogP contribution in [0.25, 0.3) is 0 Å². The van der Waals surface area contributed by atoms with Gasteiger partial charge in [-0.05, 0) is 32.4 Å². The van der Waals surface area contributed by atoms with Gasteiger partial charge in [-0.1, -0.05) is 0 Å². The van der Waals surface area contributed by atoms with Gasteiger partial charge in [-0.2, -0.15) is 0 Å². The van der Waals surface area contributed by atoms with Crippen molar-refractivity contribution >= 4 is 23.2 Å². The first kappa shape index (κ1) is 18.8. The number of amides is 1. The maximum Gasteiger partial charge on any atom is 0.220 e. The minimum Gasteiger partial charge on any atom is -0.497 e. The number of nitrogens with zero attached hydrogens (tertiary/aromatic N) is 2. The molecule has 8 nitrogen and oxygen atoms in total.